The molecule has 5 aromatic rings. The van der Waals surface area contributed by atoms with E-state index in [0.29, 0.717) is 31.3 Å². The van der Waals surface area contributed by atoms with Crippen LogP contribution in [0.4, 0.5) is 0 Å². The fourth-order valence-electron chi connectivity index (χ4n) is 4.13. The molecular weight excluding hydrogens is 492 g/mol. The molecule has 0 saturated heterocycles. The molecule has 0 spiro atoms. The number of oxazole rings is 1. The lowest BCUT2D eigenvalue weighted by molar-refractivity contribution is -0.152. The van der Waals surface area contributed by atoms with Crippen molar-refractivity contribution in [3.63, 3.8) is 0 Å². The Bertz CT molecular complexity index is 1540. The Kier molecular flexibility index (Phi) is 7.61. The van der Waals surface area contributed by atoms with Crippen molar-refractivity contribution in [2.24, 2.45) is 0 Å². The van der Waals surface area contributed by atoms with Crippen LogP contribution in [0.2, 0.25) is 0 Å². The van der Waals surface area contributed by atoms with Gasteiger partial charge >= 0.3 is 5.97 Å². The van der Waals surface area contributed by atoms with Crippen molar-refractivity contribution >= 4 is 17.1 Å². The Balaban J connectivity index is 1.33. The number of rotatable bonds is 11. The maximum atomic E-state index is 11.4. The Morgan fingerprint density at radius 3 is 2.44 bits per heavy atom. The quantitative estimate of drug-likeness (QED) is 0.202. The van der Waals surface area contributed by atoms with Gasteiger partial charge in [-0.15, -0.1) is 0 Å². The molecule has 0 saturated carbocycles. The van der Waals surface area contributed by atoms with Crippen LogP contribution in [0, 0.1) is 0 Å². The minimum Gasteiger partial charge on any atom is -0.489 e. The predicted octanol–water partition coefficient (Wildman–Crippen LogP) is 6.61. The van der Waals surface area contributed by atoms with Gasteiger partial charge in [0.05, 0.1) is 0 Å². The van der Waals surface area contributed by atoms with E-state index in [1.54, 1.807) is 6.07 Å². The smallest absolute Gasteiger partial charge is 0.347 e. The normalized spacial score (nSPS) is 11.4. The second kappa shape index (κ2) is 11.4. The number of aliphatic carboxylic acids is 1. The largest absolute Gasteiger partial charge is 0.489 e. The Labute approximate surface area is 227 Å². The van der Waals surface area contributed by atoms with Gasteiger partial charge in [-0.1, -0.05) is 60.7 Å². The zero-order chi connectivity index (χ0) is 27.2. The van der Waals surface area contributed by atoms with E-state index in [1.807, 2.05) is 91.0 Å². The lowest BCUT2D eigenvalue weighted by Gasteiger charge is -2.21. The third kappa shape index (κ3) is 6.45. The lowest BCUT2D eigenvalue weighted by atomic mass is 10.1. The summed E-state index contributed by atoms with van der Waals surface area (Å²) in [6.07, 6.45) is 0. The molecule has 0 atom stereocenters. The van der Waals surface area contributed by atoms with E-state index in [0.717, 1.165) is 39.1 Å². The summed E-state index contributed by atoms with van der Waals surface area (Å²) in [5, 5.41) is 12.8. The first-order valence-corrected chi connectivity index (χ1v) is 12.7. The summed E-state index contributed by atoms with van der Waals surface area (Å²) < 4.78 is 17.9. The molecule has 0 aliphatic carbocycles. The van der Waals surface area contributed by atoms with E-state index >= 15 is 0 Å². The maximum Gasteiger partial charge on any atom is 0.347 e. The first kappa shape index (κ1) is 26.0. The second-order valence-corrected chi connectivity index (χ2v) is 9.75. The molecule has 5 rings (SSSR count). The lowest BCUT2D eigenvalue weighted by Crippen LogP contribution is -2.37. The van der Waals surface area contributed by atoms with Gasteiger partial charge in [-0.05, 0) is 66.9 Å². The average molecular weight is 523 g/mol. The number of para-hydroxylation sites is 2. The molecule has 1 aromatic heterocycles. The molecule has 39 heavy (non-hydrogen) atoms. The fourth-order valence-corrected chi connectivity index (χ4v) is 4.13. The number of carboxylic acids is 1. The van der Waals surface area contributed by atoms with Crippen LogP contribution in [-0.2, 0) is 24.5 Å². The topological polar surface area (TPSA) is 93.8 Å². The molecule has 0 amide bonds. The molecule has 198 valence electrons. The molecule has 0 unspecified atom stereocenters. The van der Waals surface area contributed by atoms with E-state index in [9.17, 15) is 9.90 Å². The number of carbonyl (C=O) groups is 1. The van der Waals surface area contributed by atoms with Crippen molar-refractivity contribution in [3.05, 3.63) is 114 Å². The number of nitrogens with zero attached hydrogens (tertiary/aromatic N) is 1. The molecule has 0 aliphatic heterocycles. The van der Waals surface area contributed by atoms with Crippen molar-refractivity contribution in [1.82, 2.24) is 10.3 Å². The Hall–Kier alpha value is -4.62. The highest BCUT2D eigenvalue weighted by atomic mass is 16.5. The minimum absolute atomic E-state index is 0.461. The van der Waals surface area contributed by atoms with Crippen molar-refractivity contribution < 1.29 is 23.8 Å². The van der Waals surface area contributed by atoms with E-state index in [2.05, 4.69) is 5.32 Å². The molecule has 0 bridgehead atoms. The molecular formula is C32H30N2O5. The molecule has 7 nitrogen and oxygen atoms in total. The highest BCUT2D eigenvalue weighted by Gasteiger charge is 2.29. The molecule has 0 radical (unpaired) electrons. The molecule has 4 aromatic carbocycles. The van der Waals surface area contributed by atoms with E-state index in [-0.39, 0.29) is 0 Å². The van der Waals surface area contributed by atoms with Gasteiger partial charge in [-0.25, -0.2) is 9.78 Å². The Morgan fingerprint density at radius 1 is 0.872 bits per heavy atom. The standard InChI is InChI=1S/C32H30N2O5/c1-32(2,31(35)36)39-26-12-8-11-23(17-26)19-33-20-24-15-16-25(37-21-22-9-4-3-5-10-22)18-27(24)30-34-28-13-6-7-14-29(28)38-30/h3-18,33H,19-21H2,1-2H3,(H,35,36). The van der Waals surface area contributed by atoms with Gasteiger partial charge in [0.15, 0.2) is 11.2 Å². The summed E-state index contributed by atoms with van der Waals surface area (Å²) in [6.45, 7) is 4.63. The zero-order valence-electron chi connectivity index (χ0n) is 21.9. The number of nitrogens with one attached hydrogen (secondary N) is 1. The zero-order valence-corrected chi connectivity index (χ0v) is 21.9. The molecule has 1 heterocycles. The molecule has 2 N–H and O–H groups in total. The van der Waals surface area contributed by atoms with Gasteiger partial charge in [0.1, 0.15) is 23.6 Å². The van der Waals surface area contributed by atoms with Crippen LogP contribution in [-0.4, -0.2) is 21.7 Å². The minimum atomic E-state index is -1.31. The van der Waals surface area contributed by atoms with Crippen LogP contribution in [0.15, 0.2) is 101 Å². The number of hydrogen-bond acceptors (Lipinski definition) is 6. The van der Waals surface area contributed by atoms with Crippen LogP contribution in [0.1, 0.15) is 30.5 Å². The van der Waals surface area contributed by atoms with Gasteiger partial charge < -0.3 is 24.3 Å². The third-order valence-corrected chi connectivity index (χ3v) is 6.29. The van der Waals surface area contributed by atoms with Crippen LogP contribution < -0.4 is 14.8 Å². The van der Waals surface area contributed by atoms with Crippen LogP contribution in [0.3, 0.4) is 0 Å². The summed E-state index contributed by atoms with van der Waals surface area (Å²) in [5.41, 5.74) is 4.12. The highest BCUT2D eigenvalue weighted by molar-refractivity contribution is 5.77. The summed E-state index contributed by atoms with van der Waals surface area (Å²) in [4.78, 5) is 16.1. The maximum absolute atomic E-state index is 11.4. The number of ether oxygens (including phenoxy) is 2. The number of fused-ring (bicyclic) bond motifs is 1. The van der Waals surface area contributed by atoms with E-state index < -0.39 is 11.6 Å². The average Bonchev–Trinajstić information content (AvgIpc) is 3.37. The number of benzene rings is 4. The number of aromatic nitrogens is 1. The molecule has 7 heteroatoms. The summed E-state index contributed by atoms with van der Waals surface area (Å²) >= 11 is 0. The summed E-state index contributed by atoms with van der Waals surface area (Å²) in [6, 6.07) is 31.1. The van der Waals surface area contributed by atoms with Crippen LogP contribution >= 0.6 is 0 Å². The van der Waals surface area contributed by atoms with Gasteiger partial charge in [0.25, 0.3) is 0 Å². The number of carboxylic acid groups (broad SMARTS) is 1. The first-order valence-electron chi connectivity index (χ1n) is 12.7. The van der Waals surface area contributed by atoms with Crippen molar-refractivity contribution in [2.75, 3.05) is 0 Å². The van der Waals surface area contributed by atoms with Gasteiger partial charge in [0.2, 0.25) is 5.89 Å². The number of hydrogen-bond donors (Lipinski definition) is 2. The van der Waals surface area contributed by atoms with Crippen LogP contribution in [0.5, 0.6) is 11.5 Å². The van der Waals surface area contributed by atoms with Gasteiger partial charge in [-0.2, -0.15) is 0 Å². The van der Waals surface area contributed by atoms with E-state index in [4.69, 9.17) is 18.9 Å². The third-order valence-electron chi connectivity index (χ3n) is 6.29. The van der Waals surface area contributed by atoms with Crippen molar-refractivity contribution in [3.8, 4) is 23.0 Å². The molecule has 0 fully saturated rings. The van der Waals surface area contributed by atoms with Crippen molar-refractivity contribution in [1.29, 1.82) is 0 Å². The summed E-state index contributed by atoms with van der Waals surface area (Å²) in [5.74, 6) is 0.748. The highest BCUT2D eigenvalue weighted by Crippen LogP contribution is 2.31. The monoisotopic (exact) mass is 522 g/mol. The second-order valence-electron chi connectivity index (χ2n) is 9.75. The molecule has 0 aliphatic rings. The van der Waals surface area contributed by atoms with Gasteiger partial charge in [0, 0.05) is 18.7 Å². The van der Waals surface area contributed by atoms with E-state index in [1.165, 1.54) is 13.8 Å². The summed E-state index contributed by atoms with van der Waals surface area (Å²) in [7, 11) is 0. The first-order chi connectivity index (χ1) is 18.9. The Morgan fingerprint density at radius 2 is 1.64 bits per heavy atom. The fraction of sp³-hybridized carbons (Fsp3) is 0.188. The predicted molar refractivity (Wildman–Crippen MR) is 150 cm³/mol. The van der Waals surface area contributed by atoms with Crippen molar-refractivity contribution in [2.45, 2.75) is 39.1 Å². The van der Waals surface area contributed by atoms with Crippen LogP contribution in [0.25, 0.3) is 22.6 Å². The SMILES string of the molecule is CC(C)(Oc1cccc(CNCc2ccc(OCc3ccccc3)cc2-c2nc3ccccc3o2)c1)C(=O)O. The van der Waals surface area contributed by atoms with Gasteiger partial charge in [-0.3, -0.25) is 0 Å².